The molecule has 0 bridgehead atoms. The molecule has 0 aliphatic heterocycles. The second-order valence-electron chi connectivity index (χ2n) is 4.70. The molecule has 0 atom stereocenters. The van der Waals surface area contributed by atoms with Crippen LogP contribution in [0, 0.1) is 0 Å². The third kappa shape index (κ3) is 3.37. The predicted octanol–water partition coefficient (Wildman–Crippen LogP) is 2.91. The van der Waals surface area contributed by atoms with E-state index < -0.39 is 5.97 Å². The van der Waals surface area contributed by atoms with Crippen molar-refractivity contribution in [3.05, 3.63) is 52.7 Å². The van der Waals surface area contributed by atoms with Gasteiger partial charge in [0.25, 0.3) is 0 Å². The van der Waals surface area contributed by atoms with Gasteiger partial charge in [-0.05, 0) is 24.0 Å². The van der Waals surface area contributed by atoms with E-state index in [1.54, 1.807) is 0 Å². The molecule has 0 radical (unpaired) electrons. The van der Waals surface area contributed by atoms with Gasteiger partial charge in [-0.25, -0.2) is 4.79 Å². The quantitative estimate of drug-likeness (QED) is 0.853. The van der Waals surface area contributed by atoms with Gasteiger partial charge in [-0.2, -0.15) is 5.10 Å². The second-order valence-corrected chi connectivity index (χ2v) is 4.70. The lowest BCUT2D eigenvalue weighted by Crippen LogP contribution is -2.15. The molecule has 1 aromatic carbocycles. The molecule has 2 N–H and O–H groups in total. The van der Waals surface area contributed by atoms with Crippen molar-refractivity contribution in [3.8, 4) is 0 Å². The van der Waals surface area contributed by atoms with E-state index in [0.29, 0.717) is 25.2 Å². The van der Waals surface area contributed by atoms with Gasteiger partial charge in [0.2, 0.25) is 0 Å². The molecule has 0 aliphatic rings. The summed E-state index contributed by atoms with van der Waals surface area (Å²) in [6.45, 7) is 4.40. The zero-order valence-electron chi connectivity index (χ0n) is 12.3. The Kier molecular flexibility index (Phi) is 4.87. The smallest absolute Gasteiger partial charge is 0.339 e. The fourth-order valence-corrected chi connectivity index (χ4v) is 2.31. The van der Waals surface area contributed by atoms with E-state index in [0.717, 1.165) is 16.8 Å². The maximum absolute atomic E-state index is 11.6. The normalized spacial score (nSPS) is 10.4. The zero-order valence-corrected chi connectivity index (χ0v) is 12.3. The molecular weight excluding hydrogens is 266 g/mol. The monoisotopic (exact) mass is 285 g/mol. The van der Waals surface area contributed by atoms with Crippen molar-refractivity contribution in [1.82, 2.24) is 10.2 Å². The first-order valence-corrected chi connectivity index (χ1v) is 7.06. The Morgan fingerprint density at radius 3 is 2.43 bits per heavy atom. The summed E-state index contributed by atoms with van der Waals surface area (Å²) in [7, 11) is 0. The SMILES string of the molecule is CCc1nnc(NCc2ccccc2)c(C(=O)O)c1CC. The third-order valence-corrected chi connectivity index (χ3v) is 3.36. The van der Waals surface area contributed by atoms with Crippen molar-refractivity contribution in [3.63, 3.8) is 0 Å². The van der Waals surface area contributed by atoms with Crippen LogP contribution in [0.2, 0.25) is 0 Å². The molecule has 0 spiro atoms. The minimum atomic E-state index is -0.966. The Labute approximate surface area is 124 Å². The van der Waals surface area contributed by atoms with Gasteiger partial charge in [0, 0.05) is 6.54 Å². The first-order chi connectivity index (χ1) is 10.2. The van der Waals surface area contributed by atoms with E-state index in [1.165, 1.54) is 0 Å². The molecule has 2 aromatic rings. The van der Waals surface area contributed by atoms with E-state index in [9.17, 15) is 9.90 Å². The minimum Gasteiger partial charge on any atom is -0.478 e. The number of nitrogens with one attached hydrogen (secondary N) is 1. The molecule has 1 heterocycles. The highest BCUT2D eigenvalue weighted by Crippen LogP contribution is 2.21. The minimum absolute atomic E-state index is 0.236. The van der Waals surface area contributed by atoms with Crippen LogP contribution in [0.25, 0.3) is 0 Å². The Balaban J connectivity index is 2.32. The van der Waals surface area contributed by atoms with Gasteiger partial charge >= 0.3 is 5.97 Å². The van der Waals surface area contributed by atoms with Crippen LogP contribution in [-0.2, 0) is 19.4 Å². The molecular formula is C16H19N3O2. The standard InChI is InChI=1S/C16H19N3O2/c1-3-12-13(4-2)18-19-15(14(12)16(20)21)17-10-11-8-6-5-7-9-11/h5-9H,3-4,10H2,1-2H3,(H,17,19)(H,20,21). The molecule has 0 saturated carbocycles. The zero-order chi connectivity index (χ0) is 15.2. The predicted molar refractivity (Wildman–Crippen MR) is 81.5 cm³/mol. The summed E-state index contributed by atoms with van der Waals surface area (Å²) in [6, 6.07) is 9.78. The Hall–Kier alpha value is -2.43. The summed E-state index contributed by atoms with van der Waals surface area (Å²) in [5.41, 5.74) is 2.81. The van der Waals surface area contributed by atoms with E-state index in [4.69, 9.17) is 0 Å². The summed E-state index contributed by atoms with van der Waals surface area (Å²) < 4.78 is 0. The van der Waals surface area contributed by atoms with Crippen LogP contribution in [0.4, 0.5) is 5.82 Å². The number of anilines is 1. The number of carboxylic acids is 1. The molecule has 2 rings (SSSR count). The van der Waals surface area contributed by atoms with Crippen LogP contribution < -0.4 is 5.32 Å². The molecule has 0 saturated heterocycles. The van der Waals surface area contributed by atoms with Crippen molar-refractivity contribution in [1.29, 1.82) is 0 Å². The third-order valence-electron chi connectivity index (χ3n) is 3.36. The van der Waals surface area contributed by atoms with Crippen molar-refractivity contribution >= 4 is 11.8 Å². The topological polar surface area (TPSA) is 75.1 Å². The largest absolute Gasteiger partial charge is 0.478 e. The van der Waals surface area contributed by atoms with Crippen LogP contribution in [-0.4, -0.2) is 21.3 Å². The highest BCUT2D eigenvalue weighted by atomic mass is 16.4. The summed E-state index contributed by atoms with van der Waals surface area (Å²) >= 11 is 0. The fourth-order valence-electron chi connectivity index (χ4n) is 2.31. The molecule has 0 unspecified atom stereocenters. The lowest BCUT2D eigenvalue weighted by atomic mass is 10.0. The molecule has 5 nitrogen and oxygen atoms in total. The van der Waals surface area contributed by atoms with Crippen LogP contribution in [0.1, 0.15) is 41.0 Å². The Morgan fingerprint density at radius 2 is 1.86 bits per heavy atom. The van der Waals surface area contributed by atoms with E-state index in [2.05, 4.69) is 15.5 Å². The molecule has 1 aromatic heterocycles. The number of hydrogen-bond donors (Lipinski definition) is 2. The van der Waals surface area contributed by atoms with Crippen LogP contribution in [0.5, 0.6) is 0 Å². The average Bonchev–Trinajstić information content (AvgIpc) is 2.52. The molecule has 21 heavy (non-hydrogen) atoms. The molecule has 110 valence electrons. The first kappa shape index (κ1) is 15.0. The Morgan fingerprint density at radius 1 is 1.14 bits per heavy atom. The average molecular weight is 285 g/mol. The summed E-state index contributed by atoms with van der Waals surface area (Å²) in [6.07, 6.45) is 1.30. The lowest BCUT2D eigenvalue weighted by molar-refractivity contribution is 0.0696. The van der Waals surface area contributed by atoms with Crippen LogP contribution in [0.15, 0.2) is 30.3 Å². The van der Waals surface area contributed by atoms with Gasteiger partial charge in [0.1, 0.15) is 5.56 Å². The van der Waals surface area contributed by atoms with Gasteiger partial charge < -0.3 is 10.4 Å². The van der Waals surface area contributed by atoms with Gasteiger partial charge in [0.15, 0.2) is 5.82 Å². The fraction of sp³-hybridized carbons (Fsp3) is 0.312. The number of carbonyl (C=O) groups is 1. The van der Waals surface area contributed by atoms with Gasteiger partial charge in [-0.15, -0.1) is 5.10 Å². The number of aromatic carboxylic acids is 1. The van der Waals surface area contributed by atoms with Crippen LogP contribution >= 0.6 is 0 Å². The number of nitrogens with zero attached hydrogens (tertiary/aromatic N) is 2. The molecule has 0 fully saturated rings. The van der Waals surface area contributed by atoms with Gasteiger partial charge in [-0.3, -0.25) is 0 Å². The number of aromatic nitrogens is 2. The number of carboxylic acid groups (broad SMARTS) is 1. The maximum Gasteiger partial charge on any atom is 0.339 e. The molecule has 5 heteroatoms. The summed E-state index contributed by atoms with van der Waals surface area (Å²) in [5.74, 6) is -0.632. The van der Waals surface area contributed by atoms with Crippen LogP contribution in [0.3, 0.4) is 0 Å². The van der Waals surface area contributed by atoms with E-state index in [-0.39, 0.29) is 5.56 Å². The first-order valence-electron chi connectivity index (χ1n) is 7.06. The highest BCUT2D eigenvalue weighted by Gasteiger charge is 2.20. The number of hydrogen-bond acceptors (Lipinski definition) is 4. The van der Waals surface area contributed by atoms with Gasteiger partial charge in [0.05, 0.1) is 5.69 Å². The second kappa shape index (κ2) is 6.83. The van der Waals surface area contributed by atoms with E-state index >= 15 is 0 Å². The van der Waals surface area contributed by atoms with E-state index in [1.807, 2.05) is 44.2 Å². The molecule has 0 amide bonds. The van der Waals surface area contributed by atoms with Crippen molar-refractivity contribution in [2.24, 2.45) is 0 Å². The number of benzene rings is 1. The number of aryl methyl sites for hydroxylation is 1. The molecule has 0 aliphatic carbocycles. The van der Waals surface area contributed by atoms with Gasteiger partial charge in [-0.1, -0.05) is 44.2 Å². The summed E-state index contributed by atoms with van der Waals surface area (Å²) in [4.78, 5) is 11.6. The highest BCUT2D eigenvalue weighted by molar-refractivity contribution is 5.95. The van der Waals surface area contributed by atoms with Crippen molar-refractivity contribution in [2.45, 2.75) is 33.2 Å². The summed E-state index contributed by atoms with van der Waals surface area (Å²) in [5, 5.41) is 20.8. The lowest BCUT2D eigenvalue weighted by Gasteiger charge is -2.13. The maximum atomic E-state index is 11.6. The Bertz CT molecular complexity index is 627. The van der Waals surface area contributed by atoms with Crippen molar-refractivity contribution in [2.75, 3.05) is 5.32 Å². The number of rotatable bonds is 6. The van der Waals surface area contributed by atoms with Crippen molar-refractivity contribution < 1.29 is 9.90 Å².